The van der Waals surface area contributed by atoms with Crippen molar-refractivity contribution in [1.29, 1.82) is 0 Å². The molecule has 1 aromatic heterocycles. The first-order valence-electron chi connectivity index (χ1n) is 8.13. The molecule has 0 radical (unpaired) electrons. The van der Waals surface area contributed by atoms with Crippen molar-refractivity contribution in [2.75, 3.05) is 45.1 Å². The number of benzene rings is 1. The fraction of sp³-hybridized carbons (Fsp3) is 0.333. The molecular weight excluding hydrogens is 304 g/mol. The minimum atomic E-state index is -0.0837. The Morgan fingerprint density at radius 3 is 2.88 bits per heavy atom. The van der Waals surface area contributed by atoms with Crippen molar-refractivity contribution in [3.8, 4) is 11.3 Å². The standard InChI is InChI=1S/C18H22N4O2/c19-16-5-2-6-20-17(16)14-3-1-4-15(13-14)18(23)21-7-8-22-9-11-24-12-10-22/h1-6,13H,7-12,19H2,(H,21,23). The summed E-state index contributed by atoms with van der Waals surface area (Å²) in [6.07, 6.45) is 1.70. The first kappa shape index (κ1) is 16.4. The van der Waals surface area contributed by atoms with Gasteiger partial charge in [0, 0.05) is 43.5 Å². The molecular formula is C18H22N4O2. The Balaban J connectivity index is 1.61. The van der Waals surface area contributed by atoms with Gasteiger partial charge in [-0.15, -0.1) is 0 Å². The summed E-state index contributed by atoms with van der Waals surface area (Å²) in [5.41, 5.74) is 8.71. The lowest BCUT2D eigenvalue weighted by Gasteiger charge is -2.26. The van der Waals surface area contributed by atoms with E-state index in [0.29, 0.717) is 23.5 Å². The van der Waals surface area contributed by atoms with Crippen molar-refractivity contribution in [2.24, 2.45) is 0 Å². The van der Waals surface area contributed by atoms with Crippen molar-refractivity contribution >= 4 is 11.6 Å². The number of pyridine rings is 1. The molecule has 0 saturated carbocycles. The van der Waals surface area contributed by atoms with Crippen LogP contribution in [0.5, 0.6) is 0 Å². The summed E-state index contributed by atoms with van der Waals surface area (Å²) in [6.45, 7) is 4.83. The quantitative estimate of drug-likeness (QED) is 0.868. The minimum Gasteiger partial charge on any atom is -0.397 e. The van der Waals surface area contributed by atoms with Crippen LogP contribution < -0.4 is 11.1 Å². The van der Waals surface area contributed by atoms with Gasteiger partial charge < -0.3 is 15.8 Å². The number of nitrogen functional groups attached to an aromatic ring is 1. The number of amides is 1. The van der Waals surface area contributed by atoms with Crippen LogP contribution in [0.3, 0.4) is 0 Å². The summed E-state index contributed by atoms with van der Waals surface area (Å²) in [4.78, 5) is 18.9. The Labute approximate surface area is 141 Å². The highest BCUT2D eigenvalue weighted by molar-refractivity contribution is 5.95. The highest BCUT2D eigenvalue weighted by Gasteiger charge is 2.12. The van der Waals surface area contributed by atoms with Gasteiger partial charge >= 0.3 is 0 Å². The van der Waals surface area contributed by atoms with E-state index in [4.69, 9.17) is 10.5 Å². The summed E-state index contributed by atoms with van der Waals surface area (Å²) < 4.78 is 5.32. The number of anilines is 1. The third-order valence-corrected chi connectivity index (χ3v) is 4.05. The van der Waals surface area contributed by atoms with E-state index in [1.54, 1.807) is 24.4 Å². The van der Waals surface area contributed by atoms with Crippen LogP contribution in [0.4, 0.5) is 5.69 Å². The molecule has 1 aliphatic rings. The molecule has 3 rings (SSSR count). The van der Waals surface area contributed by atoms with Crippen molar-refractivity contribution in [1.82, 2.24) is 15.2 Å². The zero-order valence-electron chi connectivity index (χ0n) is 13.6. The van der Waals surface area contributed by atoms with E-state index in [-0.39, 0.29) is 5.91 Å². The average Bonchev–Trinajstić information content (AvgIpc) is 2.63. The van der Waals surface area contributed by atoms with Gasteiger partial charge in [0.05, 0.1) is 24.6 Å². The third kappa shape index (κ3) is 4.10. The second-order valence-electron chi connectivity index (χ2n) is 5.73. The first-order chi connectivity index (χ1) is 11.7. The summed E-state index contributed by atoms with van der Waals surface area (Å²) in [7, 11) is 0. The molecule has 2 heterocycles. The molecule has 126 valence electrons. The van der Waals surface area contributed by atoms with E-state index in [2.05, 4.69) is 15.2 Å². The number of hydrogen-bond acceptors (Lipinski definition) is 5. The number of ether oxygens (including phenoxy) is 1. The van der Waals surface area contributed by atoms with Gasteiger partial charge in [-0.05, 0) is 24.3 Å². The number of nitrogens with zero attached hydrogens (tertiary/aromatic N) is 2. The molecule has 1 saturated heterocycles. The van der Waals surface area contributed by atoms with Gasteiger partial charge in [-0.1, -0.05) is 12.1 Å². The largest absolute Gasteiger partial charge is 0.397 e. The van der Waals surface area contributed by atoms with Crippen molar-refractivity contribution in [2.45, 2.75) is 0 Å². The van der Waals surface area contributed by atoms with Crippen molar-refractivity contribution in [3.63, 3.8) is 0 Å². The van der Waals surface area contributed by atoms with E-state index < -0.39 is 0 Å². The number of aromatic nitrogens is 1. The van der Waals surface area contributed by atoms with Crippen LogP contribution in [0.2, 0.25) is 0 Å². The molecule has 1 fully saturated rings. The second kappa shape index (κ2) is 7.90. The highest BCUT2D eigenvalue weighted by atomic mass is 16.5. The van der Waals surface area contributed by atoms with Crippen molar-refractivity contribution in [3.05, 3.63) is 48.2 Å². The average molecular weight is 326 g/mol. The fourth-order valence-electron chi connectivity index (χ4n) is 2.72. The lowest BCUT2D eigenvalue weighted by Crippen LogP contribution is -2.41. The maximum Gasteiger partial charge on any atom is 0.251 e. The third-order valence-electron chi connectivity index (χ3n) is 4.05. The SMILES string of the molecule is Nc1cccnc1-c1cccc(C(=O)NCCN2CCOCC2)c1. The molecule has 6 nitrogen and oxygen atoms in total. The molecule has 1 aromatic carbocycles. The van der Waals surface area contributed by atoms with Crippen LogP contribution in [0, 0.1) is 0 Å². The number of carbonyl (C=O) groups is 1. The van der Waals surface area contributed by atoms with E-state index in [9.17, 15) is 4.79 Å². The van der Waals surface area contributed by atoms with Gasteiger partial charge in [0.1, 0.15) is 0 Å². The molecule has 0 bridgehead atoms. The van der Waals surface area contributed by atoms with Crippen LogP contribution in [-0.2, 0) is 4.74 Å². The van der Waals surface area contributed by atoms with Crippen LogP contribution in [0.1, 0.15) is 10.4 Å². The van der Waals surface area contributed by atoms with Crippen molar-refractivity contribution < 1.29 is 9.53 Å². The molecule has 1 aliphatic heterocycles. The number of morpholine rings is 1. The molecule has 6 heteroatoms. The van der Waals surface area contributed by atoms with E-state index in [1.807, 2.05) is 18.2 Å². The lowest BCUT2D eigenvalue weighted by atomic mass is 10.1. The first-order valence-corrected chi connectivity index (χ1v) is 8.13. The molecule has 2 aromatic rings. The Morgan fingerprint density at radius 2 is 2.08 bits per heavy atom. The summed E-state index contributed by atoms with van der Waals surface area (Å²) in [5, 5.41) is 2.97. The summed E-state index contributed by atoms with van der Waals surface area (Å²) in [6, 6.07) is 11.0. The molecule has 0 unspecified atom stereocenters. The monoisotopic (exact) mass is 326 g/mol. The fourth-order valence-corrected chi connectivity index (χ4v) is 2.72. The van der Waals surface area contributed by atoms with Crippen LogP contribution in [0.15, 0.2) is 42.6 Å². The predicted octanol–water partition coefficient (Wildman–Crippen LogP) is 1.39. The molecule has 1 amide bonds. The van der Waals surface area contributed by atoms with Gasteiger partial charge in [-0.25, -0.2) is 0 Å². The van der Waals surface area contributed by atoms with Gasteiger partial charge in [-0.2, -0.15) is 0 Å². The van der Waals surface area contributed by atoms with Crippen LogP contribution in [0.25, 0.3) is 11.3 Å². The number of hydrogen-bond donors (Lipinski definition) is 2. The smallest absolute Gasteiger partial charge is 0.251 e. The number of rotatable bonds is 5. The van der Waals surface area contributed by atoms with Gasteiger partial charge in [-0.3, -0.25) is 14.7 Å². The van der Waals surface area contributed by atoms with Gasteiger partial charge in [0.25, 0.3) is 5.91 Å². The molecule has 0 atom stereocenters. The maximum absolute atomic E-state index is 12.3. The van der Waals surface area contributed by atoms with E-state index >= 15 is 0 Å². The Morgan fingerprint density at radius 1 is 1.25 bits per heavy atom. The molecule has 3 N–H and O–H groups in total. The van der Waals surface area contributed by atoms with Crippen LogP contribution >= 0.6 is 0 Å². The number of carbonyl (C=O) groups excluding carboxylic acids is 1. The maximum atomic E-state index is 12.3. The van der Waals surface area contributed by atoms with Gasteiger partial charge in [0.15, 0.2) is 0 Å². The zero-order chi connectivity index (χ0) is 16.8. The van der Waals surface area contributed by atoms with E-state index in [1.165, 1.54) is 0 Å². The second-order valence-corrected chi connectivity index (χ2v) is 5.73. The number of nitrogens with one attached hydrogen (secondary N) is 1. The minimum absolute atomic E-state index is 0.0837. The van der Waals surface area contributed by atoms with E-state index in [0.717, 1.165) is 38.4 Å². The Hall–Kier alpha value is -2.44. The Bertz CT molecular complexity index is 699. The zero-order valence-corrected chi connectivity index (χ0v) is 13.6. The van der Waals surface area contributed by atoms with Gasteiger partial charge in [0.2, 0.25) is 0 Å². The summed E-state index contributed by atoms with van der Waals surface area (Å²) >= 11 is 0. The molecule has 0 aliphatic carbocycles. The Kier molecular flexibility index (Phi) is 5.40. The number of nitrogens with two attached hydrogens (primary N) is 1. The molecule has 0 spiro atoms. The predicted molar refractivity (Wildman–Crippen MR) is 93.7 cm³/mol. The lowest BCUT2D eigenvalue weighted by molar-refractivity contribution is 0.0383. The normalized spacial score (nSPS) is 15.2. The van der Waals surface area contributed by atoms with Crippen LogP contribution in [-0.4, -0.2) is 55.2 Å². The summed E-state index contributed by atoms with van der Waals surface area (Å²) in [5.74, 6) is -0.0837. The molecule has 24 heavy (non-hydrogen) atoms. The highest BCUT2D eigenvalue weighted by Crippen LogP contribution is 2.23. The topological polar surface area (TPSA) is 80.5 Å².